The Hall–Kier alpha value is -2.97. The summed E-state index contributed by atoms with van der Waals surface area (Å²) in [6, 6.07) is 21.7. The summed E-state index contributed by atoms with van der Waals surface area (Å²) in [5.74, 6) is -7.21. The molecule has 0 bridgehead atoms. The summed E-state index contributed by atoms with van der Waals surface area (Å²) in [4.78, 5) is 14.0. The van der Waals surface area contributed by atoms with Gasteiger partial charge in [0.1, 0.15) is 19.0 Å². The largest absolute Gasteiger partial charge is 0.466 e. The van der Waals surface area contributed by atoms with Crippen molar-refractivity contribution in [3.8, 4) is 5.75 Å². The molecule has 1 unspecified atom stereocenters. The van der Waals surface area contributed by atoms with Gasteiger partial charge in [0, 0.05) is 5.56 Å². The number of esters is 1. The maximum atomic E-state index is 13.5. The maximum Gasteiger partial charge on any atom is 0.466 e. The second-order valence-electron chi connectivity index (χ2n) is 8.38. The van der Waals surface area contributed by atoms with E-state index < -0.39 is 57.2 Å². The quantitative estimate of drug-likeness (QED) is 0.139. The Bertz CT molecular complexity index is 1390. The molecule has 13 heteroatoms. The van der Waals surface area contributed by atoms with E-state index in [0.717, 1.165) is 9.79 Å². The van der Waals surface area contributed by atoms with Crippen LogP contribution in [0.3, 0.4) is 0 Å². The fourth-order valence-corrected chi connectivity index (χ4v) is 5.83. The van der Waals surface area contributed by atoms with Gasteiger partial charge in [-0.15, -0.1) is 0 Å². The smallest absolute Gasteiger partial charge is 0.421 e. The highest BCUT2D eigenvalue weighted by Gasteiger charge is 2.54. The highest BCUT2D eigenvalue weighted by atomic mass is 32.2. The Balaban J connectivity index is 1.61. The minimum Gasteiger partial charge on any atom is -0.421 e. The van der Waals surface area contributed by atoms with Gasteiger partial charge in [-0.1, -0.05) is 18.2 Å². The lowest BCUT2D eigenvalue weighted by molar-refractivity contribution is -0.328. The fourth-order valence-electron chi connectivity index (χ4n) is 3.51. The number of rotatable bonds is 7. The third-order valence-electron chi connectivity index (χ3n) is 5.54. The molecule has 1 aliphatic rings. The number of alkyl halides is 4. The number of ether oxygens (including phenoxy) is 3. The van der Waals surface area contributed by atoms with E-state index in [1.54, 1.807) is 31.2 Å². The molecule has 1 atom stereocenters. The molecule has 1 saturated heterocycles. The summed E-state index contributed by atoms with van der Waals surface area (Å²) in [5, 5.41) is -5.12. The van der Waals surface area contributed by atoms with Gasteiger partial charge < -0.3 is 14.2 Å². The molecule has 0 spiro atoms. The Morgan fingerprint density at radius 3 is 1.87 bits per heavy atom. The van der Waals surface area contributed by atoms with Gasteiger partial charge in [0.25, 0.3) is 5.92 Å². The average Bonchev–Trinajstić information content (AvgIpc) is 2.87. The number of carbonyl (C=O) groups excluding carboxylic acids is 1. The predicted octanol–water partition coefficient (Wildman–Crippen LogP) is 5.02. The fraction of sp³-hybridized carbons (Fsp3) is 0.240. The van der Waals surface area contributed by atoms with Crippen LogP contribution in [-0.4, -0.2) is 43.3 Å². The highest BCUT2D eigenvalue weighted by molar-refractivity contribution is 7.97. The lowest BCUT2D eigenvalue weighted by atomic mass is 10.1. The van der Waals surface area contributed by atoms with Crippen molar-refractivity contribution in [2.24, 2.45) is 0 Å². The molecule has 1 N–H and O–H groups in total. The van der Waals surface area contributed by atoms with Crippen molar-refractivity contribution < 1.29 is 49.5 Å². The van der Waals surface area contributed by atoms with Gasteiger partial charge in [0.05, 0.1) is 10.9 Å². The summed E-state index contributed by atoms with van der Waals surface area (Å²) >= 11 is 0. The zero-order valence-electron chi connectivity index (χ0n) is 19.6. The van der Waals surface area contributed by atoms with Crippen molar-refractivity contribution in [1.82, 2.24) is 0 Å². The van der Waals surface area contributed by atoms with Crippen molar-refractivity contribution in [2.45, 2.75) is 38.6 Å². The molecule has 0 radical (unpaired) electrons. The Kier molecular flexibility index (Phi) is 7.60. The lowest BCUT2D eigenvalue weighted by Gasteiger charge is -2.37. The van der Waals surface area contributed by atoms with E-state index in [1.807, 2.05) is 30.3 Å². The van der Waals surface area contributed by atoms with Crippen LogP contribution < -0.4 is 4.74 Å². The van der Waals surface area contributed by atoms with Gasteiger partial charge in [-0.25, -0.2) is 13.6 Å². The van der Waals surface area contributed by atoms with Gasteiger partial charge in [0.2, 0.25) is 0 Å². The SMILES string of the molecule is CC1(c2ccc([S+](c3ccccc3)c3ccc(OC(=O)C(F)(F)S(=O)(=O)O)cc3)cc2)OCC(F)(F)CO1. The molecule has 1 fully saturated rings. The molecule has 1 aliphatic heterocycles. The summed E-state index contributed by atoms with van der Waals surface area (Å²) < 4.78 is 99.2. The second-order valence-corrected chi connectivity index (χ2v) is 11.9. The Labute approximate surface area is 218 Å². The first-order valence-electron chi connectivity index (χ1n) is 10.9. The van der Waals surface area contributed by atoms with Gasteiger partial charge in [-0.05, 0) is 67.6 Å². The summed E-state index contributed by atoms with van der Waals surface area (Å²) in [5.41, 5.74) is 0.537. The van der Waals surface area contributed by atoms with Gasteiger partial charge in [0.15, 0.2) is 20.5 Å². The van der Waals surface area contributed by atoms with Crippen LogP contribution in [0.5, 0.6) is 5.75 Å². The first-order chi connectivity index (χ1) is 17.7. The van der Waals surface area contributed by atoms with Crippen LogP contribution in [0.25, 0.3) is 0 Å². The minimum atomic E-state index is -6.00. The highest BCUT2D eigenvalue weighted by Crippen LogP contribution is 2.37. The lowest BCUT2D eigenvalue weighted by Crippen LogP contribution is -2.46. The standard InChI is InChI=1S/C25H20F4O7S2/c1-23(34-15-24(26,27)16-35-23)17-7-11-20(12-8-17)37(19-5-3-2-4-6-19)21-13-9-18(10-14-21)36-22(30)25(28,29)38(31,32)33/h2-14H,15-16H2,1H3/p+1. The maximum absolute atomic E-state index is 13.5. The number of hydrogen-bond donors (Lipinski definition) is 1. The van der Waals surface area contributed by atoms with E-state index in [9.17, 15) is 30.8 Å². The molecule has 0 aromatic heterocycles. The van der Waals surface area contributed by atoms with Crippen molar-refractivity contribution in [2.75, 3.05) is 13.2 Å². The summed E-state index contributed by atoms with van der Waals surface area (Å²) in [7, 11) is -6.73. The van der Waals surface area contributed by atoms with Crippen LogP contribution >= 0.6 is 0 Å². The molecule has 0 amide bonds. The molecule has 4 rings (SSSR count). The third-order valence-corrected chi connectivity index (χ3v) is 8.59. The molecule has 202 valence electrons. The summed E-state index contributed by atoms with van der Waals surface area (Å²) in [6.07, 6.45) is 0. The molecule has 0 aliphatic carbocycles. The Morgan fingerprint density at radius 1 is 0.895 bits per heavy atom. The zero-order chi connectivity index (χ0) is 27.8. The van der Waals surface area contributed by atoms with Crippen molar-refractivity contribution >= 4 is 27.0 Å². The van der Waals surface area contributed by atoms with E-state index in [4.69, 9.17) is 14.0 Å². The molecule has 3 aromatic rings. The van der Waals surface area contributed by atoms with Crippen LogP contribution in [0.15, 0.2) is 93.5 Å². The summed E-state index contributed by atoms with van der Waals surface area (Å²) in [6.45, 7) is 0.0131. The van der Waals surface area contributed by atoms with Crippen LogP contribution in [0.2, 0.25) is 0 Å². The first-order valence-corrected chi connectivity index (χ1v) is 13.6. The topological polar surface area (TPSA) is 99.1 Å². The van der Waals surface area contributed by atoms with Gasteiger partial charge in [-0.3, -0.25) is 4.55 Å². The molecule has 7 nitrogen and oxygen atoms in total. The molecule has 0 saturated carbocycles. The third kappa shape index (κ3) is 5.86. The minimum absolute atomic E-state index is 0.356. The number of benzene rings is 3. The monoisotopic (exact) mass is 573 g/mol. The van der Waals surface area contributed by atoms with Crippen LogP contribution in [-0.2, 0) is 41.1 Å². The molecular formula is C25H21F4O7S2+. The molecular weight excluding hydrogens is 552 g/mol. The van der Waals surface area contributed by atoms with E-state index in [1.165, 1.54) is 24.3 Å². The van der Waals surface area contributed by atoms with E-state index >= 15 is 0 Å². The van der Waals surface area contributed by atoms with Crippen LogP contribution in [0, 0.1) is 0 Å². The average molecular weight is 574 g/mol. The predicted molar refractivity (Wildman–Crippen MR) is 128 cm³/mol. The van der Waals surface area contributed by atoms with Crippen molar-refractivity contribution in [1.29, 1.82) is 0 Å². The van der Waals surface area contributed by atoms with E-state index in [2.05, 4.69) is 4.74 Å². The van der Waals surface area contributed by atoms with Crippen molar-refractivity contribution in [3.05, 3.63) is 84.4 Å². The van der Waals surface area contributed by atoms with Crippen molar-refractivity contribution in [3.63, 3.8) is 0 Å². The van der Waals surface area contributed by atoms with Gasteiger partial charge >= 0.3 is 21.3 Å². The normalized spacial score (nSPS) is 17.9. The van der Waals surface area contributed by atoms with E-state index in [0.29, 0.717) is 10.5 Å². The van der Waals surface area contributed by atoms with Crippen LogP contribution in [0.4, 0.5) is 17.6 Å². The number of halogens is 4. The molecule has 3 aromatic carbocycles. The molecule has 1 heterocycles. The van der Waals surface area contributed by atoms with E-state index in [-0.39, 0.29) is 5.75 Å². The second kappa shape index (κ2) is 10.3. The van der Waals surface area contributed by atoms with Gasteiger partial charge in [-0.2, -0.15) is 17.2 Å². The van der Waals surface area contributed by atoms with Crippen LogP contribution in [0.1, 0.15) is 12.5 Å². The first kappa shape index (κ1) is 28.0. The molecule has 38 heavy (non-hydrogen) atoms. The Morgan fingerprint density at radius 2 is 1.37 bits per heavy atom. The number of carbonyl (C=O) groups is 1. The number of hydrogen-bond acceptors (Lipinski definition) is 6. The zero-order valence-corrected chi connectivity index (χ0v) is 21.3.